The van der Waals surface area contributed by atoms with E-state index >= 15 is 0 Å². The number of methoxy groups -OCH3 is 1. The van der Waals surface area contributed by atoms with E-state index in [1.807, 2.05) is 12.1 Å². The van der Waals surface area contributed by atoms with E-state index in [-0.39, 0.29) is 46.5 Å². The number of nitrogens with zero attached hydrogens (tertiary/aromatic N) is 5. The minimum absolute atomic E-state index is 0.0428. The zero-order valence-electron chi connectivity index (χ0n) is 19.8. The smallest absolute Gasteiger partial charge is 0.278 e. The van der Waals surface area contributed by atoms with Crippen LogP contribution in [0.4, 0.5) is 8.78 Å². The second-order valence-electron chi connectivity index (χ2n) is 9.64. The molecule has 1 spiro atoms. The first-order chi connectivity index (χ1) is 17.2. The molecule has 1 aliphatic heterocycles. The van der Waals surface area contributed by atoms with Crippen LogP contribution in [0.5, 0.6) is 5.75 Å². The van der Waals surface area contributed by atoms with Gasteiger partial charge in [-0.25, -0.2) is 8.78 Å². The van der Waals surface area contributed by atoms with E-state index < -0.39 is 28.1 Å². The first-order valence-corrected chi connectivity index (χ1v) is 12.2. The number of aromatic nitrogens is 3. The lowest BCUT2D eigenvalue weighted by atomic mass is 9.70. The van der Waals surface area contributed by atoms with Gasteiger partial charge in [0.1, 0.15) is 22.3 Å². The van der Waals surface area contributed by atoms with Gasteiger partial charge in [0, 0.05) is 38.2 Å². The van der Waals surface area contributed by atoms with E-state index in [2.05, 4.69) is 10.2 Å². The number of rotatable bonds is 5. The minimum atomic E-state index is -0.722. The molecule has 2 fully saturated rings. The van der Waals surface area contributed by atoms with Crippen LogP contribution in [0.15, 0.2) is 29.2 Å². The van der Waals surface area contributed by atoms with Crippen LogP contribution in [-0.2, 0) is 6.42 Å². The molecule has 1 amide bonds. The third-order valence-electron chi connectivity index (χ3n) is 8.17. The lowest BCUT2D eigenvalue weighted by Crippen LogP contribution is -2.76. The Morgan fingerprint density at radius 1 is 1.22 bits per heavy atom. The largest absolute Gasteiger partial charge is 0.491 e. The Bertz CT molecular complexity index is 1490. The number of carbonyl (C=O) groups excluding carboxylic acids is 1. The zero-order chi connectivity index (χ0) is 25.6. The van der Waals surface area contributed by atoms with Crippen LogP contribution in [0, 0.1) is 23.0 Å². The van der Waals surface area contributed by atoms with Crippen molar-refractivity contribution in [3.63, 3.8) is 0 Å². The van der Waals surface area contributed by atoms with Crippen LogP contribution in [0.1, 0.15) is 33.9 Å². The first kappa shape index (κ1) is 23.0. The quantitative estimate of drug-likeness (QED) is 0.555. The molecule has 2 saturated carbocycles. The molecule has 0 radical (unpaired) electrons. The van der Waals surface area contributed by atoms with Gasteiger partial charge in [0.05, 0.1) is 19.3 Å². The highest BCUT2D eigenvalue weighted by Crippen LogP contribution is 2.75. The Morgan fingerprint density at radius 2 is 2.00 bits per heavy atom. The van der Waals surface area contributed by atoms with Crippen molar-refractivity contribution in [1.82, 2.24) is 19.8 Å². The molecule has 3 heterocycles. The SMILES string of the molecule is COc1c2n(cc(-c3nnc(Cc4ccc(F)cc4F)s3)c1=O)N(C)C1(CC3C[C@@]31CO)N(C)C2=O. The van der Waals surface area contributed by atoms with Crippen LogP contribution in [-0.4, -0.2) is 64.3 Å². The number of ether oxygens (including phenoxy) is 1. The third kappa shape index (κ3) is 2.76. The molecule has 0 bridgehead atoms. The van der Waals surface area contributed by atoms with Crippen LogP contribution >= 0.6 is 11.3 Å². The van der Waals surface area contributed by atoms with Crippen LogP contribution in [0.2, 0.25) is 0 Å². The number of aliphatic hydroxyl groups excluding tert-OH is 1. The molecule has 188 valence electrons. The lowest BCUT2D eigenvalue weighted by Gasteiger charge is -2.61. The summed E-state index contributed by atoms with van der Waals surface area (Å²) in [6.07, 6.45) is 3.17. The maximum atomic E-state index is 14.1. The Morgan fingerprint density at radius 3 is 2.64 bits per heavy atom. The number of aliphatic hydroxyl groups is 1. The summed E-state index contributed by atoms with van der Waals surface area (Å²) < 4.78 is 34.4. The summed E-state index contributed by atoms with van der Waals surface area (Å²) in [5, 5.41) is 21.1. The van der Waals surface area contributed by atoms with Gasteiger partial charge >= 0.3 is 0 Å². The highest BCUT2D eigenvalue weighted by Gasteiger charge is 2.81. The highest BCUT2D eigenvalue weighted by molar-refractivity contribution is 7.14. The van der Waals surface area contributed by atoms with E-state index in [1.54, 1.807) is 22.8 Å². The predicted molar refractivity (Wildman–Crippen MR) is 127 cm³/mol. The van der Waals surface area contributed by atoms with Gasteiger partial charge in [-0.1, -0.05) is 17.4 Å². The number of fused-ring (bicyclic) bond motifs is 3. The first-order valence-electron chi connectivity index (χ1n) is 11.4. The fourth-order valence-electron chi connectivity index (χ4n) is 6.14. The zero-order valence-corrected chi connectivity index (χ0v) is 20.6. The Balaban J connectivity index is 1.44. The monoisotopic (exact) mass is 515 g/mol. The molecule has 9 nitrogen and oxygen atoms in total. The molecule has 1 N–H and O–H groups in total. The van der Waals surface area contributed by atoms with Gasteiger partial charge in [-0.3, -0.25) is 19.3 Å². The van der Waals surface area contributed by atoms with Crippen molar-refractivity contribution in [2.75, 3.05) is 32.8 Å². The molecule has 3 atom stereocenters. The molecule has 3 aromatic rings. The van der Waals surface area contributed by atoms with Crippen molar-refractivity contribution in [3.8, 4) is 16.3 Å². The molecule has 2 aromatic heterocycles. The van der Waals surface area contributed by atoms with Crippen molar-refractivity contribution in [2.24, 2.45) is 11.3 Å². The summed E-state index contributed by atoms with van der Waals surface area (Å²) in [5.74, 6) is -1.49. The summed E-state index contributed by atoms with van der Waals surface area (Å²) in [5.41, 5.74) is -1.11. The van der Waals surface area contributed by atoms with Crippen molar-refractivity contribution in [1.29, 1.82) is 0 Å². The highest BCUT2D eigenvalue weighted by atomic mass is 32.1. The Labute approximate surface area is 208 Å². The third-order valence-corrected chi connectivity index (χ3v) is 9.12. The number of hydrogen-bond donors (Lipinski definition) is 1. The Hall–Kier alpha value is -3.38. The van der Waals surface area contributed by atoms with Crippen molar-refractivity contribution < 1.29 is 23.4 Å². The van der Waals surface area contributed by atoms with Gasteiger partial charge in [0.15, 0.2) is 16.5 Å². The number of carbonyl (C=O) groups is 1. The fourth-order valence-corrected chi connectivity index (χ4v) is 7.01. The molecular formula is C24H23F2N5O4S. The van der Waals surface area contributed by atoms with Gasteiger partial charge in [0.25, 0.3) is 5.91 Å². The molecule has 2 aliphatic carbocycles. The van der Waals surface area contributed by atoms with E-state index in [0.29, 0.717) is 17.3 Å². The maximum Gasteiger partial charge on any atom is 0.278 e. The van der Waals surface area contributed by atoms with Gasteiger partial charge in [-0.2, -0.15) is 0 Å². The molecular weight excluding hydrogens is 492 g/mol. The summed E-state index contributed by atoms with van der Waals surface area (Å²) in [4.78, 5) is 28.5. The number of hydrogen-bond acceptors (Lipinski definition) is 8. The predicted octanol–water partition coefficient (Wildman–Crippen LogP) is 2.00. The average molecular weight is 516 g/mol. The van der Waals surface area contributed by atoms with Crippen molar-refractivity contribution in [3.05, 3.63) is 62.5 Å². The van der Waals surface area contributed by atoms with Crippen LogP contribution in [0.3, 0.4) is 0 Å². The van der Waals surface area contributed by atoms with E-state index in [9.17, 15) is 23.5 Å². The van der Waals surface area contributed by atoms with Crippen molar-refractivity contribution in [2.45, 2.75) is 24.9 Å². The summed E-state index contributed by atoms with van der Waals surface area (Å²) in [6, 6.07) is 3.33. The minimum Gasteiger partial charge on any atom is -0.491 e. The number of pyridine rings is 1. The van der Waals surface area contributed by atoms with Gasteiger partial charge in [-0.05, 0) is 30.4 Å². The molecule has 36 heavy (non-hydrogen) atoms. The molecule has 2 unspecified atom stereocenters. The number of halogens is 2. The van der Waals surface area contributed by atoms with Crippen LogP contribution in [0.25, 0.3) is 10.6 Å². The fraction of sp³-hybridized carbons (Fsp3) is 0.417. The normalized spacial score (nSPS) is 26.1. The summed E-state index contributed by atoms with van der Waals surface area (Å²) in [6.45, 7) is -0.0428. The lowest BCUT2D eigenvalue weighted by molar-refractivity contribution is -0.0723. The van der Waals surface area contributed by atoms with Gasteiger partial charge in [-0.15, -0.1) is 10.2 Å². The molecule has 1 aromatic carbocycles. The van der Waals surface area contributed by atoms with Gasteiger partial charge in [0.2, 0.25) is 5.43 Å². The summed E-state index contributed by atoms with van der Waals surface area (Å²) >= 11 is 1.11. The van der Waals surface area contributed by atoms with Crippen LogP contribution < -0.4 is 15.2 Å². The number of benzene rings is 1. The second kappa shape index (κ2) is 7.56. The summed E-state index contributed by atoms with van der Waals surface area (Å²) in [7, 11) is 4.85. The van der Waals surface area contributed by atoms with Crippen molar-refractivity contribution >= 4 is 17.2 Å². The molecule has 12 heteroatoms. The van der Waals surface area contributed by atoms with E-state index in [0.717, 1.165) is 23.8 Å². The second-order valence-corrected chi connectivity index (χ2v) is 10.7. The average Bonchev–Trinajstić information content (AvgIpc) is 3.20. The standard InChI is InChI=1S/C24H23F2N5O4S/c1-29-22(34)18-20(35-3)19(33)15(10-31(18)30(2)24(29)9-13-8-23(13,24)11-32)21-28-27-17(36-21)6-12-4-5-14(25)7-16(12)26/h4-5,7,10,13,32H,6,8-9,11H2,1-3H3/t13?,23-,24?/m1/s1. The molecule has 6 rings (SSSR count). The Kier molecular flexibility index (Phi) is 4.84. The number of amides is 1. The molecule has 3 aliphatic rings. The molecule has 0 saturated heterocycles. The maximum absolute atomic E-state index is 14.1. The van der Waals surface area contributed by atoms with Gasteiger partial charge < -0.3 is 14.7 Å². The van der Waals surface area contributed by atoms with E-state index in [4.69, 9.17) is 4.74 Å². The topological polar surface area (TPSA) is 101 Å². The van der Waals surface area contributed by atoms with E-state index in [1.165, 1.54) is 19.2 Å².